The maximum absolute atomic E-state index is 11.9. The molecule has 0 radical (unpaired) electrons. The highest BCUT2D eigenvalue weighted by Crippen LogP contribution is 2.15. The number of hydrogen-bond acceptors (Lipinski definition) is 6. The monoisotopic (exact) mass is 450 g/mol. The zero-order valence-electron chi connectivity index (χ0n) is 15.6. The molecule has 0 bridgehead atoms. The third-order valence-corrected chi connectivity index (χ3v) is 5.16. The summed E-state index contributed by atoms with van der Waals surface area (Å²) in [6.07, 6.45) is 0. The van der Waals surface area contributed by atoms with Gasteiger partial charge in [0.25, 0.3) is 15.9 Å². The zero-order valence-corrected chi connectivity index (χ0v) is 17.3. The molecular formula is C18H18N4O6S2. The number of sulfonamides is 1. The Balaban J connectivity index is 1.95. The minimum atomic E-state index is -3.91. The Hall–Kier alpha value is -3.51. The molecule has 0 spiro atoms. The Kier molecular flexibility index (Phi) is 7.44. The van der Waals surface area contributed by atoms with Crippen molar-refractivity contribution >= 4 is 56.5 Å². The maximum atomic E-state index is 11.9. The number of carboxylic acid groups (broad SMARTS) is 1. The Morgan fingerprint density at radius 1 is 0.933 bits per heavy atom. The van der Waals surface area contributed by atoms with Gasteiger partial charge < -0.3 is 21.1 Å². The second-order valence-corrected chi connectivity index (χ2v) is 8.01. The van der Waals surface area contributed by atoms with Gasteiger partial charge >= 0.3 is 5.97 Å². The van der Waals surface area contributed by atoms with Crippen LogP contribution in [0.15, 0.2) is 53.4 Å². The van der Waals surface area contributed by atoms with Crippen LogP contribution in [0.25, 0.3) is 0 Å². The molecule has 0 fully saturated rings. The van der Waals surface area contributed by atoms with Crippen LogP contribution in [-0.2, 0) is 19.6 Å². The molecule has 10 nitrogen and oxygen atoms in total. The first kappa shape index (κ1) is 22.8. The zero-order chi connectivity index (χ0) is 22.3. The van der Waals surface area contributed by atoms with E-state index in [1.165, 1.54) is 36.4 Å². The molecule has 2 aromatic rings. The Morgan fingerprint density at radius 3 is 1.90 bits per heavy atom. The van der Waals surface area contributed by atoms with E-state index in [2.05, 4.69) is 16.0 Å². The normalized spacial score (nSPS) is 10.6. The van der Waals surface area contributed by atoms with Crippen LogP contribution in [0, 0.1) is 0 Å². The molecule has 0 heterocycles. The van der Waals surface area contributed by atoms with Crippen molar-refractivity contribution in [1.29, 1.82) is 0 Å². The number of thiocarbonyl (C=S) groups is 1. The van der Waals surface area contributed by atoms with E-state index in [1.807, 2.05) is 4.72 Å². The highest BCUT2D eigenvalue weighted by atomic mass is 32.2. The first-order chi connectivity index (χ1) is 14.1. The molecule has 2 rings (SSSR count). The molecule has 0 aliphatic carbocycles. The molecule has 0 aromatic heterocycles. The molecule has 158 valence electrons. The summed E-state index contributed by atoms with van der Waals surface area (Å²) in [4.78, 5) is 33.2. The first-order valence-corrected chi connectivity index (χ1v) is 10.3. The van der Waals surface area contributed by atoms with Gasteiger partial charge in [-0.25, -0.2) is 13.1 Å². The van der Waals surface area contributed by atoms with E-state index in [-0.39, 0.29) is 15.6 Å². The molecule has 0 atom stereocenters. The Bertz CT molecular complexity index is 1070. The van der Waals surface area contributed by atoms with Gasteiger partial charge in [-0.2, -0.15) is 0 Å². The Morgan fingerprint density at radius 2 is 1.43 bits per heavy atom. The van der Waals surface area contributed by atoms with Crippen LogP contribution in [0.5, 0.6) is 0 Å². The van der Waals surface area contributed by atoms with E-state index >= 15 is 0 Å². The summed E-state index contributed by atoms with van der Waals surface area (Å²) in [6, 6.07) is 11.8. The molecule has 2 amide bonds. The third kappa shape index (κ3) is 6.83. The van der Waals surface area contributed by atoms with Crippen LogP contribution in [0.3, 0.4) is 0 Å². The van der Waals surface area contributed by atoms with Gasteiger partial charge in [0.1, 0.15) is 6.54 Å². The van der Waals surface area contributed by atoms with E-state index in [0.29, 0.717) is 11.4 Å². The number of carboxylic acids is 1. The average molecular weight is 450 g/mol. The summed E-state index contributed by atoms with van der Waals surface area (Å²) < 4.78 is 25.7. The lowest BCUT2D eigenvalue weighted by atomic mass is 10.2. The molecule has 0 aliphatic heterocycles. The molecular weight excluding hydrogens is 432 g/mol. The van der Waals surface area contributed by atoms with Gasteiger partial charge in [0.15, 0.2) is 5.11 Å². The van der Waals surface area contributed by atoms with Gasteiger partial charge in [-0.3, -0.25) is 14.4 Å². The van der Waals surface area contributed by atoms with E-state index in [0.717, 1.165) is 6.92 Å². The van der Waals surface area contributed by atoms with Crippen LogP contribution >= 0.6 is 12.2 Å². The Labute approximate surface area is 177 Å². The number of amides is 2. The van der Waals surface area contributed by atoms with Crippen molar-refractivity contribution in [2.75, 3.05) is 17.2 Å². The molecule has 12 heteroatoms. The lowest BCUT2D eigenvalue weighted by Gasteiger charge is -2.12. The summed E-state index contributed by atoms with van der Waals surface area (Å²) in [5.41, 5.74) is 1.38. The molecule has 0 unspecified atom stereocenters. The summed E-state index contributed by atoms with van der Waals surface area (Å²) in [7, 11) is -3.91. The molecule has 0 saturated heterocycles. The van der Waals surface area contributed by atoms with Gasteiger partial charge in [-0.05, 0) is 60.7 Å². The third-order valence-electron chi connectivity index (χ3n) is 3.51. The second kappa shape index (κ2) is 9.80. The quantitative estimate of drug-likeness (QED) is 0.391. The number of carbonyl (C=O) groups excluding carboxylic acids is 2. The lowest BCUT2D eigenvalue weighted by Crippen LogP contribution is -2.29. The van der Waals surface area contributed by atoms with Crippen molar-refractivity contribution in [3.8, 4) is 0 Å². The van der Waals surface area contributed by atoms with E-state index in [4.69, 9.17) is 17.3 Å². The molecule has 0 saturated carbocycles. The maximum Gasteiger partial charge on any atom is 0.322 e. The van der Waals surface area contributed by atoms with Gasteiger partial charge in [0.05, 0.1) is 4.90 Å². The smallest absolute Gasteiger partial charge is 0.322 e. The van der Waals surface area contributed by atoms with Crippen molar-refractivity contribution in [1.82, 2.24) is 10.0 Å². The number of hydrogen-bond donors (Lipinski definition) is 5. The van der Waals surface area contributed by atoms with E-state index in [9.17, 15) is 22.8 Å². The van der Waals surface area contributed by atoms with Crippen molar-refractivity contribution in [3.05, 3.63) is 54.1 Å². The minimum Gasteiger partial charge on any atom is -0.480 e. The van der Waals surface area contributed by atoms with Crippen LogP contribution in [0.1, 0.15) is 17.3 Å². The number of benzene rings is 2. The van der Waals surface area contributed by atoms with Crippen LogP contribution < -0.4 is 20.7 Å². The molecule has 30 heavy (non-hydrogen) atoms. The fourth-order valence-corrected chi connectivity index (χ4v) is 3.45. The van der Waals surface area contributed by atoms with Crippen LogP contribution in [0.2, 0.25) is 0 Å². The van der Waals surface area contributed by atoms with Crippen molar-refractivity contribution in [2.24, 2.45) is 0 Å². The van der Waals surface area contributed by atoms with Gasteiger partial charge in [0, 0.05) is 23.9 Å². The molecule has 2 aromatic carbocycles. The summed E-state index contributed by atoms with van der Waals surface area (Å²) in [5.74, 6) is -2.34. The van der Waals surface area contributed by atoms with Crippen molar-refractivity contribution in [3.63, 3.8) is 0 Å². The number of carbonyl (C=O) groups is 3. The summed E-state index contributed by atoms with van der Waals surface area (Å²) >= 11 is 5.19. The number of aliphatic carboxylic acids is 1. The second-order valence-electron chi connectivity index (χ2n) is 5.92. The minimum absolute atomic E-state index is 0.0705. The molecule has 0 aliphatic rings. The molecule has 5 N–H and O–H groups in total. The van der Waals surface area contributed by atoms with Crippen LogP contribution in [0.4, 0.5) is 11.4 Å². The largest absolute Gasteiger partial charge is 0.480 e. The highest BCUT2D eigenvalue weighted by Gasteiger charge is 2.15. The summed E-state index contributed by atoms with van der Waals surface area (Å²) in [5, 5.41) is 16.8. The first-order valence-electron chi connectivity index (χ1n) is 8.38. The number of rotatable bonds is 7. The predicted molar refractivity (Wildman–Crippen MR) is 114 cm³/mol. The predicted octanol–water partition coefficient (Wildman–Crippen LogP) is 1.13. The van der Waals surface area contributed by atoms with Gasteiger partial charge in [0.2, 0.25) is 5.91 Å². The number of anilines is 2. The average Bonchev–Trinajstić information content (AvgIpc) is 2.66. The van der Waals surface area contributed by atoms with Gasteiger partial charge in [-0.1, -0.05) is 0 Å². The number of nitrogens with one attached hydrogen (secondary N) is 4. The van der Waals surface area contributed by atoms with E-state index < -0.39 is 34.4 Å². The SMILES string of the molecule is CC(=O)NS(=O)(=O)c1ccc(NC(=S)Nc2ccc(C(=O)NCC(=O)O)cc2)cc1. The fraction of sp³-hybridized carbons (Fsp3) is 0.111. The lowest BCUT2D eigenvalue weighted by molar-refractivity contribution is -0.135. The summed E-state index contributed by atoms with van der Waals surface area (Å²) in [6.45, 7) is 0.629. The standard InChI is InChI=1S/C18H18N4O6S2/c1-11(23)22-30(27,28)15-8-6-14(7-9-15)21-18(29)20-13-4-2-12(3-5-13)17(26)19-10-16(24)25/h2-9H,10H2,1H3,(H,19,26)(H,22,23)(H,24,25)(H2,20,21,29). The fourth-order valence-electron chi connectivity index (χ4n) is 2.22. The van der Waals surface area contributed by atoms with Crippen LogP contribution in [-0.4, -0.2) is 43.0 Å². The van der Waals surface area contributed by atoms with Crippen molar-refractivity contribution in [2.45, 2.75) is 11.8 Å². The van der Waals surface area contributed by atoms with E-state index in [1.54, 1.807) is 12.1 Å². The van der Waals surface area contributed by atoms with Crippen molar-refractivity contribution < 1.29 is 27.9 Å². The topological polar surface area (TPSA) is 154 Å². The van der Waals surface area contributed by atoms with Gasteiger partial charge in [-0.15, -0.1) is 0 Å². The highest BCUT2D eigenvalue weighted by molar-refractivity contribution is 7.90.